The summed E-state index contributed by atoms with van der Waals surface area (Å²) >= 11 is 0. The summed E-state index contributed by atoms with van der Waals surface area (Å²) < 4.78 is 6.87. The van der Waals surface area contributed by atoms with Crippen molar-refractivity contribution in [3.8, 4) is 0 Å². The van der Waals surface area contributed by atoms with Crippen LogP contribution in [0.15, 0.2) is 78.9 Å². The molecule has 8 heteroatoms. The van der Waals surface area contributed by atoms with Gasteiger partial charge in [0.2, 0.25) is 17.7 Å². The minimum atomic E-state index is -1.23. The van der Waals surface area contributed by atoms with Gasteiger partial charge in [-0.15, -0.1) is 0 Å². The molecule has 3 unspecified atom stereocenters. The number of rotatable bonds is 8. The van der Waals surface area contributed by atoms with Crippen molar-refractivity contribution in [2.24, 2.45) is 17.8 Å². The van der Waals surface area contributed by atoms with Crippen molar-refractivity contribution in [3.63, 3.8) is 0 Å². The topological polar surface area (TPSA) is 108 Å². The van der Waals surface area contributed by atoms with Gasteiger partial charge in [0, 0.05) is 12.2 Å². The second kappa shape index (κ2) is 10.9. The molecular weight excluding hydrogens is 542 g/mol. The van der Waals surface area contributed by atoms with Gasteiger partial charge in [0.1, 0.15) is 11.6 Å². The second-order valence-corrected chi connectivity index (χ2v) is 12.5. The molecule has 224 valence electrons. The van der Waals surface area contributed by atoms with Crippen molar-refractivity contribution in [1.82, 2.24) is 10.2 Å². The van der Waals surface area contributed by atoms with Crippen LogP contribution in [0.3, 0.4) is 0 Å². The Balaban J connectivity index is 1.43. The van der Waals surface area contributed by atoms with E-state index in [2.05, 4.69) is 10.6 Å². The number of benzene rings is 3. The first-order chi connectivity index (χ1) is 20.6. The standard InChI is InChI=1S/C35H39N3O5/c1-21-12-11-13-22(2)29(21)37-32(41)30-35-18-23(3)34(4,43-35)27(31(40)36-19-24-14-7-5-8-15-24)28(35)33(42)38(30)26(20-39)25-16-9-6-10-17-25/h5-17,23,26-28,30,39H,18-20H2,1-4H3,(H,36,40)(H,37,41)/t23?,26-,27+,28+,30?,34-,35?/m1/s1. The number of carbonyl (C=O) groups excluding carboxylic acids is 3. The molecule has 0 aromatic heterocycles. The minimum absolute atomic E-state index is 0.0937. The molecular formula is C35H39N3O5. The maximum atomic E-state index is 14.7. The first-order valence-corrected chi connectivity index (χ1v) is 15.0. The highest BCUT2D eigenvalue weighted by Gasteiger charge is 2.80. The molecule has 0 saturated carbocycles. The van der Waals surface area contributed by atoms with Crippen LogP contribution in [0.2, 0.25) is 0 Å². The molecule has 3 N–H and O–H groups in total. The van der Waals surface area contributed by atoms with Crippen molar-refractivity contribution < 1.29 is 24.2 Å². The van der Waals surface area contributed by atoms with E-state index in [1.807, 2.05) is 107 Å². The molecule has 6 rings (SSSR count). The Labute approximate surface area is 252 Å². The number of amides is 3. The molecule has 3 aromatic carbocycles. The third kappa shape index (κ3) is 4.55. The van der Waals surface area contributed by atoms with E-state index >= 15 is 0 Å². The van der Waals surface area contributed by atoms with Gasteiger partial charge < -0.3 is 25.4 Å². The van der Waals surface area contributed by atoms with Gasteiger partial charge in [-0.1, -0.05) is 85.8 Å². The van der Waals surface area contributed by atoms with Crippen molar-refractivity contribution in [1.29, 1.82) is 0 Å². The van der Waals surface area contributed by atoms with Gasteiger partial charge in [-0.2, -0.15) is 0 Å². The molecule has 7 atom stereocenters. The summed E-state index contributed by atoms with van der Waals surface area (Å²) in [6.45, 7) is 7.71. The van der Waals surface area contributed by atoms with E-state index in [0.29, 0.717) is 24.2 Å². The number of fused-ring (bicyclic) bond motifs is 1. The van der Waals surface area contributed by atoms with E-state index in [9.17, 15) is 19.5 Å². The van der Waals surface area contributed by atoms with Crippen LogP contribution in [-0.4, -0.2) is 51.6 Å². The maximum Gasteiger partial charge on any atom is 0.250 e. The number of aliphatic hydroxyl groups excluding tert-OH is 1. The predicted octanol–water partition coefficient (Wildman–Crippen LogP) is 4.30. The van der Waals surface area contributed by atoms with Crippen LogP contribution < -0.4 is 10.6 Å². The van der Waals surface area contributed by atoms with E-state index in [1.54, 1.807) is 0 Å². The molecule has 3 fully saturated rings. The van der Waals surface area contributed by atoms with Gasteiger partial charge in [0.05, 0.1) is 30.1 Å². The van der Waals surface area contributed by atoms with Gasteiger partial charge >= 0.3 is 0 Å². The number of hydrogen-bond acceptors (Lipinski definition) is 5. The summed E-state index contributed by atoms with van der Waals surface area (Å²) in [5.41, 5.74) is 1.96. The Bertz CT molecular complexity index is 1530. The summed E-state index contributed by atoms with van der Waals surface area (Å²) in [5.74, 6) is -2.78. The normalized spacial score (nSPS) is 29.8. The Hall–Kier alpha value is -4.01. The predicted molar refractivity (Wildman–Crippen MR) is 163 cm³/mol. The van der Waals surface area contributed by atoms with Crippen molar-refractivity contribution in [2.45, 2.75) is 63.9 Å². The van der Waals surface area contributed by atoms with E-state index in [0.717, 1.165) is 16.7 Å². The highest BCUT2D eigenvalue weighted by Crippen LogP contribution is 2.66. The lowest BCUT2D eigenvalue weighted by Gasteiger charge is -2.37. The molecule has 1 spiro atoms. The van der Waals surface area contributed by atoms with E-state index in [-0.39, 0.29) is 30.2 Å². The third-order valence-electron chi connectivity index (χ3n) is 10.0. The molecule has 2 bridgehead atoms. The Kier molecular flexibility index (Phi) is 7.39. The van der Waals surface area contributed by atoms with Gasteiger partial charge in [-0.3, -0.25) is 14.4 Å². The lowest BCUT2D eigenvalue weighted by atomic mass is 9.62. The summed E-state index contributed by atoms with van der Waals surface area (Å²) in [4.78, 5) is 44.6. The zero-order valence-corrected chi connectivity index (χ0v) is 25.0. The SMILES string of the molecule is Cc1cccc(C)c1NC(=O)C1N([C@H](CO)c2ccccc2)C(=O)[C@@H]2[C@@H](C(=O)NCc3ccccc3)[C@]3(C)OC12CC3C. The quantitative estimate of drug-likeness (QED) is 0.368. The molecule has 8 nitrogen and oxygen atoms in total. The molecule has 0 radical (unpaired) electrons. The van der Waals surface area contributed by atoms with Crippen LogP contribution in [0.4, 0.5) is 5.69 Å². The van der Waals surface area contributed by atoms with E-state index in [4.69, 9.17) is 4.74 Å². The number of likely N-dealkylation sites (tertiary alicyclic amines) is 1. The lowest BCUT2D eigenvalue weighted by molar-refractivity contribution is -0.149. The fourth-order valence-electron chi connectivity index (χ4n) is 7.84. The van der Waals surface area contributed by atoms with E-state index < -0.39 is 35.1 Å². The highest BCUT2D eigenvalue weighted by molar-refractivity contribution is 6.04. The fourth-order valence-corrected chi connectivity index (χ4v) is 7.84. The number of anilines is 1. The van der Waals surface area contributed by atoms with Gasteiger partial charge in [0.25, 0.3) is 0 Å². The Morgan fingerprint density at radius 2 is 1.60 bits per heavy atom. The van der Waals surface area contributed by atoms with E-state index in [1.165, 1.54) is 4.90 Å². The van der Waals surface area contributed by atoms with Crippen LogP contribution in [0.25, 0.3) is 0 Å². The lowest BCUT2D eigenvalue weighted by Crippen LogP contribution is -2.55. The first-order valence-electron chi connectivity index (χ1n) is 15.0. The van der Waals surface area contributed by atoms with Crippen LogP contribution in [-0.2, 0) is 25.7 Å². The number of nitrogens with zero attached hydrogens (tertiary/aromatic N) is 1. The number of ether oxygens (including phenoxy) is 1. The molecule has 3 saturated heterocycles. The zero-order chi connectivity index (χ0) is 30.5. The molecule has 3 aliphatic rings. The van der Waals surface area contributed by atoms with Gasteiger partial charge in [0.15, 0.2) is 0 Å². The summed E-state index contributed by atoms with van der Waals surface area (Å²) in [6.07, 6.45) is 0.441. The Morgan fingerprint density at radius 3 is 2.23 bits per heavy atom. The maximum absolute atomic E-state index is 14.7. The molecule has 3 heterocycles. The summed E-state index contributed by atoms with van der Waals surface area (Å²) in [7, 11) is 0. The fraction of sp³-hybridized carbons (Fsp3) is 0.400. The van der Waals surface area contributed by atoms with Crippen molar-refractivity contribution in [2.75, 3.05) is 11.9 Å². The van der Waals surface area contributed by atoms with Crippen molar-refractivity contribution in [3.05, 3.63) is 101 Å². The van der Waals surface area contributed by atoms with Crippen LogP contribution >= 0.6 is 0 Å². The van der Waals surface area contributed by atoms with Gasteiger partial charge in [-0.05, 0) is 55.4 Å². The molecule has 0 aliphatic carbocycles. The monoisotopic (exact) mass is 581 g/mol. The average molecular weight is 582 g/mol. The molecule has 3 aliphatic heterocycles. The molecule has 43 heavy (non-hydrogen) atoms. The molecule has 3 amide bonds. The second-order valence-electron chi connectivity index (χ2n) is 12.5. The largest absolute Gasteiger partial charge is 0.394 e. The van der Waals surface area contributed by atoms with Crippen LogP contribution in [0.1, 0.15) is 48.6 Å². The Morgan fingerprint density at radius 1 is 0.977 bits per heavy atom. The number of nitrogens with one attached hydrogen (secondary N) is 2. The summed E-state index contributed by atoms with van der Waals surface area (Å²) in [5, 5.41) is 16.9. The highest BCUT2D eigenvalue weighted by atomic mass is 16.5. The number of aryl methyl sites for hydroxylation is 2. The van der Waals surface area contributed by atoms with Crippen LogP contribution in [0.5, 0.6) is 0 Å². The molecule has 3 aromatic rings. The zero-order valence-electron chi connectivity index (χ0n) is 25.0. The first kappa shape index (κ1) is 29.1. The number of carbonyl (C=O) groups is 3. The smallest absolute Gasteiger partial charge is 0.250 e. The third-order valence-corrected chi connectivity index (χ3v) is 10.0. The average Bonchev–Trinajstić information content (AvgIpc) is 3.52. The van der Waals surface area contributed by atoms with Crippen molar-refractivity contribution >= 4 is 23.4 Å². The van der Waals surface area contributed by atoms with Crippen LogP contribution in [0, 0.1) is 31.6 Å². The summed E-state index contributed by atoms with van der Waals surface area (Å²) in [6, 6.07) is 22.8. The number of aliphatic hydroxyl groups is 1. The number of hydrogen-bond donors (Lipinski definition) is 3. The van der Waals surface area contributed by atoms with Gasteiger partial charge in [-0.25, -0.2) is 0 Å². The minimum Gasteiger partial charge on any atom is -0.394 e. The number of para-hydroxylation sites is 1.